The highest BCUT2D eigenvalue weighted by Gasteiger charge is 2.44. The van der Waals surface area contributed by atoms with Gasteiger partial charge in [-0.2, -0.15) is 0 Å². The fourth-order valence-electron chi connectivity index (χ4n) is 1.89. The maximum absolute atomic E-state index is 11.7. The van der Waals surface area contributed by atoms with E-state index < -0.39 is 18.2 Å². The van der Waals surface area contributed by atoms with Gasteiger partial charge in [-0.15, -0.1) is 0 Å². The van der Waals surface area contributed by atoms with Crippen molar-refractivity contribution in [3.8, 4) is 11.1 Å². The third-order valence-electron chi connectivity index (χ3n) is 3.15. The molecular weight excluding hydrogens is 423 g/mol. The summed E-state index contributed by atoms with van der Waals surface area (Å²) in [7, 11) is -3.61. The number of hydrogen-bond acceptors (Lipinski definition) is 3. The number of rotatable bonds is 4. The zero-order valence-electron chi connectivity index (χ0n) is 11.2. The maximum Gasteiger partial charge on any atom is 0.224 e. The number of halogens is 2. The molecule has 0 radical (unpaired) electrons. The van der Waals surface area contributed by atoms with Crippen LogP contribution in [0.5, 0.6) is 0 Å². The number of aliphatic hydroxyl groups excluding tert-OH is 1. The topological polar surface area (TPSA) is 54.4 Å². The molecule has 0 bridgehead atoms. The Morgan fingerprint density at radius 3 is 2.00 bits per heavy atom. The van der Waals surface area contributed by atoms with Gasteiger partial charge in [0.15, 0.2) is 9.84 Å². The molecule has 0 aromatic heterocycles. The average molecular weight is 437 g/mol. The van der Waals surface area contributed by atoms with Crippen LogP contribution < -0.4 is 0 Å². The maximum atomic E-state index is 11.7. The fourth-order valence-corrected chi connectivity index (χ4v) is 2.91. The van der Waals surface area contributed by atoms with Crippen LogP contribution >= 0.6 is 34.2 Å². The van der Waals surface area contributed by atoms with Crippen LogP contribution in [0, 0.1) is 0 Å². The van der Waals surface area contributed by atoms with E-state index in [0.29, 0.717) is 5.56 Å². The normalized spacial score (nSPS) is 16.2. The largest absolute Gasteiger partial charge is 0.385 e. The molecule has 0 heterocycles. The first kappa shape index (κ1) is 16.7. The van der Waals surface area contributed by atoms with Gasteiger partial charge in [0.25, 0.3) is 0 Å². The van der Waals surface area contributed by atoms with Crippen molar-refractivity contribution in [2.24, 2.45) is 0 Å². The molecule has 0 spiro atoms. The summed E-state index contributed by atoms with van der Waals surface area (Å²) in [4.78, 5) is 0. The lowest BCUT2D eigenvalue weighted by molar-refractivity contribution is 0.188. The molecule has 0 fully saturated rings. The van der Waals surface area contributed by atoms with Crippen LogP contribution in [0.3, 0.4) is 0 Å². The number of hydrogen-bond donors (Lipinski definition) is 1. The van der Waals surface area contributed by atoms with Gasteiger partial charge in [0.2, 0.25) is 2.21 Å². The molecule has 0 aliphatic carbocycles. The van der Waals surface area contributed by atoms with E-state index in [1.54, 1.807) is 34.7 Å². The summed E-state index contributed by atoms with van der Waals surface area (Å²) in [5, 5.41) is 10.2. The molecule has 0 saturated heterocycles. The third kappa shape index (κ3) is 3.59. The van der Waals surface area contributed by atoms with Crippen LogP contribution in [0.25, 0.3) is 11.1 Å². The minimum absolute atomic E-state index is 0.463. The average Bonchev–Trinajstić information content (AvgIpc) is 2.46. The van der Waals surface area contributed by atoms with Crippen molar-refractivity contribution < 1.29 is 13.5 Å². The number of sulfone groups is 1. The Balaban J connectivity index is 2.32. The summed E-state index contributed by atoms with van der Waals surface area (Å²) in [6.07, 6.45) is -0.298. The van der Waals surface area contributed by atoms with Crippen molar-refractivity contribution in [2.75, 3.05) is 6.26 Å². The van der Waals surface area contributed by atoms with Gasteiger partial charge < -0.3 is 5.11 Å². The molecule has 0 saturated carbocycles. The Morgan fingerprint density at radius 2 is 1.52 bits per heavy atom. The standard InChI is InChI=1S/C15H14ClIO3S/c1-21(19,20)15(16,17)14(18)13-9-7-12(8-10-13)11-5-3-2-4-6-11/h2-10,14,18H,1H3/t14-,15+/m1/s1. The highest BCUT2D eigenvalue weighted by atomic mass is 127. The molecule has 2 atom stereocenters. The van der Waals surface area contributed by atoms with Crippen LogP contribution in [-0.2, 0) is 9.84 Å². The number of benzene rings is 2. The zero-order valence-corrected chi connectivity index (χ0v) is 14.9. The second kappa shape index (κ2) is 6.24. The van der Waals surface area contributed by atoms with Gasteiger partial charge in [-0.3, -0.25) is 0 Å². The van der Waals surface area contributed by atoms with E-state index in [4.69, 9.17) is 11.6 Å². The van der Waals surface area contributed by atoms with Crippen LogP contribution in [-0.4, -0.2) is 22.0 Å². The predicted molar refractivity (Wildman–Crippen MR) is 94.3 cm³/mol. The Labute approximate surface area is 143 Å². The summed E-state index contributed by atoms with van der Waals surface area (Å²) >= 11 is 7.56. The minimum atomic E-state index is -3.61. The van der Waals surface area contributed by atoms with E-state index in [1.807, 2.05) is 42.5 Å². The predicted octanol–water partition coefficient (Wildman–Crippen LogP) is 3.76. The smallest absolute Gasteiger partial charge is 0.224 e. The first-order chi connectivity index (χ1) is 9.73. The summed E-state index contributed by atoms with van der Waals surface area (Å²) in [6, 6.07) is 16.8. The Morgan fingerprint density at radius 1 is 1.05 bits per heavy atom. The summed E-state index contributed by atoms with van der Waals surface area (Å²) in [6.45, 7) is 0. The lowest BCUT2D eigenvalue weighted by atomic mass is 10.0. The van der Waals surface area contributed by atoms with Crippen molar-refractivity contribution in [2.45, 2.75) is 8.32 Å². The lowest BCUT2D eigenvalue weighted by Crippen LogP contribution is -2.31. The second-order valence-electron chi connectivity index (χ2n) is 4.72. The molecule has 2 rings (SSSR count). The Hall–Kier alpha value is -0.630. The molecule has 0 aliphatic heterocycles. The van der Waals surface area contributed by atoms with E-state index in [-0.39, 0.29) is 0 Å². The first-order valence-electron chi connectivity index (χ1n) is 6.14. The van der Waals surface area contributed by atoms with E-state index in [9.17, 15) is 13.5 Å². The molecule has 3 nitrogen and oxygen atoms in total. The highest BCUT2D eigenvalue weighted by molar-refractivity contribution is 14.1. The molecule has 1 N–H and O–H groups in total. The van der Waals surface area contributed by atoms with Gasteiger partial charge in [-0.1, -0.05) is 66.2 Å². The van der Waals surface area contributed by atoms with Gasteiger partial charge in [0.05, 0.1) is 0 Å². The molecule has 2 aromatic carbocycles. The van der Waals surface area contributed by atoms with E-state index >= 15 is 0 Å². The Bertz CT molecular complexity index is 712. The summed E-state index contributed by atoms with van der Waals surface area (Å²) in [5.41, 5.74) is 2.50. The zero-order chi connectivity index (χ0) is 15.7. The van der Waals surface area contributed by atoms with Gasteiger partial charge in [0, 0.05) is 6.26 Å². The summed E-state index contributed by atoms with van der Waals surface area (Å²) in [5.74, 6) is 0. The Kier molecular flexibility index (Phi) is 4.97. The van der Waals surface area contributed by atoms with Gasteiger partial charge in [0.1, 0.15) is 6.10 Å². The molecular formula is C15H14ClIO3S. The van der Waals surface area contributed by atoms with E-state index in [1.165, 1.54) is 0 Å². The fraction of sp³-hybridized carbons (Fsp3) is 0.200. The molecule has 0 aliphatic rings. The monoisotopic (exact) mass is 436 g/mol. The highest BCUT2D eigenvalue weighted by Crippen LogP contribution is 2.42. The molecule has 0 unspecified atom stereocenters. The van der Waals surface area contributed by atoms with Crippen LogP contribution in [0.4, 0.5) is 0 Å². The minimum Gasteiger partial charge on any atom is -0.385 e. The summed E-state index contributed by atoms with van der Waals surface area (Å²) < 4.78 is 21.5. The molecule has 2 aromatic rings. The van der Waals surface area contributed by atoms with Gasteiger partial charge >= 0.3 is 0 Å². The second-order valence-corrected chi connectivity index (χ2v) is 10.8. The number of alkyl halides is 2. The molecule has 112 valence electrons. The lowest BCUT2D eigenvalue weighted by Gasteiger charge is -2.24. The van der Waals surface area contributed by atoms with Crippen LogP contribution in [0.15, 0.2) is 54.6 Å². The number of aliphatic hydroxyl groups is 1. The first-order valence-corrected chi connectivity index (χ1v) is 9.49. The van der Waals surface area contributed by atoms with Crippen LogP contribution in [0.2, 0.25) is 0 Å². The quantitative estimate of drug-likeness (QED) is 0.586. The van der Waals surface area contributed by atoms with Crippen molar-refractivity contribution >= 4 is 44.0 Å². The third-order valence-corrected chi connectivity index (χ3v) is 8.40. The van der Waals surface area contributed by atoms with E-state index in [0.717, 1.165) is 17.4 Å². The van der Waals surface area contributed by atoms with Crippen molar-refractivity contribution in [3.63, 3.8) is 0 Å². The SMILES string of the molecule is CS(=O)(=O)[C@@](Cl)(I)[C@H](O)c1ccc(-c2ccccc2)cc1. The molecule has 6 heteroatoms. The van der Waals surface area contributed by atoms with Crippen molar-refractivity contribution in [1.82, 2.24) is 0 Å². The van der Waals surface area contributed by atoms with Gasteiger partial charge in [-0.25, -0.2) is 8.42 Å². The molecule has 21 heavy (non-hydrogen) atoms. The van der Waals surface area contributed by atoms with Gasteiger partial charge in [-0.05, 0) is 39.3 Å². The van der Waals surface area contributed by atoms with Crippen molar-refractivity contribution in [3.05, 3.63) is 60.2 Å². The van der Waals surface area contributed by atoms with Crippen molar-refractivity contribution in [1.29, 1.82) is 0 Å². The van der Waals surface area contributed by atoms with E-state index in [2.05, 4.69) is 0 Å². The molecule has 0 amide bonds. The van der Waals surface area contributed by atoms with Crippen LogP contribution in [0.1, 0.15) is 11.7 Å².